The number of fused-ring (bicyclic) bond motifs is 1. The van der Waals surface area contributed by atoms with Crippen LogP contribution < -0.4 is 0 Å². The summed E-state index contributed by atoms with van der Waals surface area (Å²) in [5.74, 6) is -1.53. The monoisotopic (exact) mass is 272 g/mol. The molecule has 1 heterocycles. The van der Waals surface area contributed by atoms with Crippen molar-refractivity contribution in [1.29, 1.82) is 0 Å². The van der Waals surface area contributed by atoms with Crippen LogP contribution in [0.5, 0.6) is 0 Å². The average molecular weight is 272 g/mol. The van der Waals surface area contributed by atoms with Gasteiger partial charge in [0, 0.05) is 16.6 Å². The minimum atomic E-state index is -3.52. The highest BCUT2D eigenvalue weighted by Gasteiger charge is 2.28. The maximum atomic E-state index is 11.6. The number of carboxylic acids is 1. The minimum absolute atomic E-state index is 0.0800. The third kappa shape index (κ3) is 3.01. The smallest absolute Gasteiger partial charge is 0.318 e. The van der Waals surface area contributed by atoms with Crippen LogP contribution in [0.2, 0.25) is 0 Å². The molecule has 1 aliphatic heterocycles. The van der Waals surface area contributed by atoms with Crippen molar-refractivity contribution in [3.63, 3.8) is 0 Å². The molecule has 1 unspecified atom stereocenters. The largest absolute Gasteiger partial charge is 0.480 e. The summed E-state index contributed by atoms with van der Waals surface area (Å²) in [7, 11) is -3.52. The van der Waals surface area contributed by atoms with Gasteiger partial charge in [-0.25, -0.2) is 8.42 Å². The van der Waals surface area contributed by atoms with Gasteiger partial charge in [0.2, 0.25) is 0 Å². The van der Waals surface area contributed by atoms with E-state index in [1.807, 2.05) is 24.3 Å². The molecule has 0 fully saturated rings. The van der Waals surface area contributed by atoms with Crippen LogP contribution in [-0.4, -0.2) is 36.8 Å². The number of hydrogen-bond acceptors (Lipinski definition) is 4. The molecule has 1 aromatic rings. The lowest BCUT2D eigenvalue weighted by Crippen LogP contribution is -2.22. The molecule has 6 heteroatoms. The van der Waals surface area contributed by atoms with E-state index in [1.165, 1.54) is 0 Å². The highest BCUT2D eigenvalue weighted by Crippen LogP contribution is 2.39. The zero-order chi connectivity index (χ0) is 12.5. The Labute approximate surface area is 104 Å². The summed E-state index contributed by atoms with van der Waals surface area (Å²) >= 11 is 1.62. The van der Waals surface area contributed by atoms with E-state index in [0.717, 1.165) is 10.5 Å². The number of carbonyl (C=O) groups is 1. The number of aliphatic carboxylic acids is 1. The van der Waals surface area contributed by atoms with Crippen LogP contribution in [0.15, 0.2) is 29.2 Å². The fourth-order valence-corrected chi connectivity index (χ4v) is 4.73. The molecule has 17 heavy (non-hydrogen) atoms. The summed E-state index contributed by atoms with van der Waals surface area (Å²) in [5.41, 5.74) is 1.02. The topological polar surface area (TPSA) is 71.4 Å². The molecule has 0 saturated heterocycles. The van der Waals surface area contributed by atoms with E-state index >= 15 is 0 Å². The van der Waals surface area contributed by atoms with Gasteiger partial charge < -0.3 is 5.11 Å². The first-order valence-corrected chi connectivity index (χ1v) is 7.92. The van der Waals surface area contributed by atoms with Crippen molar-refractivity contribution in [2.75, 3.05) is 17.3 Å². The van der Waals surface area contributed by atoms with Crippen LogP contribution in [0.1, 0.15) is 11.5 Å². The fourth-order valence-electron chi connectivity index (χ4n) is 1.92. The Hall–Kier alpha value is -1.01. The number of rotatable bonds is 4. The first kappa shape index (κ1) is 12.4. The third-order valence-electron chi connectivity index (χ3n) is 2.60. The Morgan fingerprint density at radius 2 is 2.12 bits per heavy atom. The lowest BCUT2D eigenvalue weighted by molar-refractivity contribution is -0.134. The molecular formula is C11H12O4S2. The van der Waals surface area contributed by atoms with Crippen molar-refractivity contribution in [2.24, 2.45) is 0 Å². The molecular weight excluding hydrogens is 260 g/mol. The molecule has 0 aromatic heterocycles. The van der Waals surface area contributed by atoms with Crippen molar-refractivity contribution in [3.05, 3.63) is 29.8 Å². The molecule has 0 aliphatic carbocycles. The zero-order valence-electron chi connectivity index (χ0n) is 9.00. The molecule has 0 saturated carbocycles. The van der Waals surface area contributed by atoms with Crippen LogP contribution in [0, 0.1) is 0 Å². The van der Waals surface area contributed by atoms with E-state index < -0.39 is 21.6 Å². The second kappa shape index (κ2) is 4.70. The van der Waals surface area contributed by atoms with Crippen LogP contribution in [0.3, 0.4) is 0 Å². The molecule has 1 atom stereocenters. The third-order valence-corrected chi connectivity index (χ3v) is 5.45. The van der Waals surface area contributed by atoms with E-state index in [9.17, 15) is 13.2 Å². The molecule has 1 N–H and O–H groups in total. The Balaban J connectivity index is 2.15. The lowest BCUT2D eigenvalue weighted by Gasteiger charge is -2.09. The first-order chi connectivity index (χ1) is 7.98. The Morgan fingerprint density at radius 3 is 2.82 bits per heavy atom. The van der Waals surface area contributed by atoms with Crippen LogP contribution in [0.4, 0.5) is 0 Å². The van der Waals surface area contributed by atoms with E-state index in [2.05, 4.69) is 0 Å². The van der Waals surface area contributed by atoms with E-state index in [4.69, 9.17) is 5.11 Å². The van der Waals surface area contributed by atoms with Gasteiger partial charge in [-0.3, -0.25) is 4.79 Å². The maximum Gasteiger partial charge on any atom is 0.318 e. The second-order valence-corrected chi connectivity index (χ2v) is 7.17. The van der Waals surface area contributed by atoms with Gasteiger partial charge in [-0.2, -0.15) is 0 Å². The van der Waals surface area contributed by atoms with Gasteiger partial charge in [0.1, 0.15) is 5.75 Å². The van der Waals surface area contributed by atoms with Gasteiger partial charge in [-0.05, 0) is 11.6 Å². The predicted molar refractivity (Wildman–Crippen MR) is 66.2 cm³/mol. The van der Waals surface area contributed by atoms with Crippen molar-refractivity contribution >= 4 is 27.6 Å². The molecule has 0 spiro atoms. The molecule has 4 nitrogen and oxygen atoms in total. The van der Waals surface area contributed by atoms with Crippen LogP contribution in [-0.2, 0) is 14.6 Å². The van der Waals surface area contributed by atoms with Gasteiger partial charge in [-0.15, -0.1) is 11.8 Å². The zero-order valence-corrected chi connectivity index (χ0v) is 10.6. The van der Waals surface area contributed by atoms with E-state index in [1.54, 1.807) is 11.8 Å². The van der Waals surface area contributed by atoms with Crippen molar-refractivity contribution in [3.8, 4) is 0 Å². The quantitative estimate of drug-likeness (QED) is 0.896. The maximum absolute atomic E-state index is 11.6. The van der Waals surface area contributed by atoms with Crippen molar-refractivity contribution in [1.82, 2.24) is 0 Å². The second-order valence-electron chi connectivity index (χ2n) is 3.99. The number of thioether (sulfide) groups is 1. The lowest BCUT2D eigenvalue weighted by atomic mass is 10.0. The molecule has 2 rings (SSSR count). The van der Waals surface area contributed by atoms with Gasteiger partial charge in [0.25, 0.3) is 0 Å². The number of hydrogen-bond donors (Lipinski definition) is 1. The Kier molecular flexibility index (Phi) is 3.44. The molecule has 1 aliphatic rings. The average Bonchev–Trinajstić information content (AvgIpc) is 2.59. The van der Waals surface area contributed by atoms with Gasteiger partial charge in [0.05, 0.1) is 5.75 Å². The van der Waals surface area contributed by atoms with Crippen molar-refractivity contribution < 1.29 is 18.3 Å². The standard InChI is InChI=1S/C11H12O4S2/c12-11(13)7-17(14,15)6-8-5-16-10-4-2-1-3-9(8)10/h1-4,8H,5-7H2,(H,12,13). The Morgan fingerprint density at radius 1 is 1.41 bits per heavy atom. The van der Waals surface area contributed by atoms with Gasteiger partial charge in [0.15, 0.2) is 9.84 Å². The number of benzene rings is 1. The molecule has 0 amide bonds. The van der Waals surface area contributed by atoms with Gasteiger partial charge in [-0.1, -0.05) is 18.2 Å². The molecule has 0 radical (unpaired) electrons. The first-order valence-electron chi connectivity index (χ1n) is 5.12. The fraction of sp³-hybridized carbons (Fsp3) is 0.364. The highest BCUT2D eigenvalue weighted by molar-refractivity contribution is 7.99. The predicted octanol–water partition coefficient (Wildman–Crippen LogP) is 1.38. The minimum Gasteiger partial charge on any atom is -0.480 e. The molecule has 92 valence electrons. The van der Waals surface area contributed by atoms with E-state index in [-0.39, 0.29) is 11.7 Å². The number of sulfone groups is 1. The summed E-state index contributed by atoms with van der Waals surface area (Å²) in [6.07, 6.45) is 0. The summed E-state index contributed by atoms with van der Waals surface area (Å²) in [5, 5.41) is 8.53. The normalized spacial score (nSPS) is 18.9. The summed E-state index contributed by atoms with van der Waals surface area (Å²) < 4.78 is 23.2. The highest BCUT2D eigenvalue weighted by atomic mass is 32.2. The SMILES string of the molecule is O=C(O)CS(=O)(=O)CC1CSc2ccccc21. The molecule has 1 aromatic carbocycles. The summed E-state index contributed by atoms with van der Waals surface area (Å²) in [6.45, 7) is 0. The summed E-state index contributed by atoms with van der Waals surface area (Å²) in [4.78, 5) is 11.5. The number of carboxylic acid groups (broad SMARTS) is 1. The summed E-state index contributed by atoms with van der Waals surface area (Å²) in [6, 6.07) is 7.67. The van der Waals surface area contributed by atoms with Crippen LogP contribution in [0.25, 0.3) is 0 Å². The van der Waals surface area contributed by atoms with Crippen LogP contribution >= 0.6 is 11.8 Å². The van der Waals surface area contributed by atoms with E-state index in [0.29, 0.717) is 5.75 Å². The van der Waals surface area contributed by atoms with Gasteiger partial charge >= 0.3 is 5.97 Å². The van der Waals surface area contributed by atoms with Crippen molar-refractivity contribution in [2.45, 2.75) is 10.8 Å². The molecule has 0 bridgehead atoms. The Bertz CT molecular complexity index is 536.